The van der Waals surface area contributed by atoms with Crippen molar-refractivity contribution in [1.29, 1.82) is 0 Å². The van der Waals surface area contributed by atoms with Crippen LogP contribution >= 0.6 is 38.9 Å². The minimum atomic E-state index is 0.866. The fraction of sp³-hybridized carbons (Fsp3) is 0.500. The lowest BCUT2D eigenvalue weighted by molar-refractivity contribution is 0.174. The Labute approximate surface area is 89.5 Å². The lowest BCUT2D eigenvalue weighted by atomic mass is 10.2. The molecule has 0 saturated carbocycles. The predicted molar refractivity (Wildman–Crippen MR) is 56.9 cm³/mol. The van der Waals surface area contributed by atoms with Gasteiger partial charge in [-0.1, -0.05) is 11.6 Å². The normalized spacial score (nSPS) is 17.8. The van der Waals surface area contributed by atoms with E-state index < -0.39 is 0 Å². The minimum Gasteiger partial charge on any atom is -0.298 e. The van der Waals surface area contributed by atoms with E-state index in [4.69, 9.17) is 11.6 Å². The number of thiophene rings is 1. The number of hydrogen-bond donors (Lipinski definition) is 0. The summed E-state index contributed by atoms with van der Waals surface area (Å²) in [6.07, 6.45) is 1.35. The van der Waals surface area contributed by atoms with Gasteiger partial charge in [0.2, 0.25) is 0 Å². The fourth-order valence-corrected chi connectivity index (χ4v) is 3.06. The van der Waals surface area contributed by atoms with Gasteiger partial charge >= 0.3 is 0 Å². The largest absolute Gasteiger partial charge is 0.298 e. The fourth-order valence-electron chi connectivity index (χ4n) is 1.23. The van der Waals surface area contributed by atoms with Gasteiger partial charge in [0.05, 0.1) is 0 Å². The molecule has 1 saturated heterocycles. The van der Waals surface area contributed by atoms with Crippen LogP contribution in [0.15, 0.2) is 10.5 Å². The van der Waals surface area contributed by atoms with Crippen LogP contribution in [-0.2, 0) is 6.54 Å². The van der Waals surface area contributed by atoms with Gasteiger partial charge in [-0.05, 0) is 41.5 Å². The van der Waals surface area contributed by atoms with E-state index in [-0.39, 0.29) is 0 Å². The van der Waals surface area contributed by atoms with Crippen LogP contribution in [0, 0.1) is 0 Å². The van der Waals surface area contributed by atoms with Gasteiger partial charge in [-0.3, -0.25) is 4.90 Å². The molecule has 1 aromatic heterocycles. The number of hydrogen-bond acceptors (Lipinski definition) is 2. The average Bonchev–Trinajstić information content (AvgIpc) is 2.24. The third kappa shape index (κ3) is 1.84. The van der Waals surface area contributed by atoms with E-state index in [0.717, 1.165) is 15.4 Å². The van der Waals surface area contributed by atoms with Crippen molar-refractivity contribution in [3.8, 4) is 0 Å². The third-order valence-corrected chi connectivity index (χ3v) is 4.48. The highest BCUT2D eigenvalue weighted by molar-refractivity contribution is 9.10. The number of rotatable bonds is 2. The zero-order valence-corrected chi connectivity index (χ0v) is 9.68. The van der Waals surface area contributed by atoms with E-state index in [1.165, 1.54) is 24.4 Å². The summed E-state index contributed by atoms with van der Waals surface area (Å²) in [4.78, 5) is 3.78. The van der Waals surface area contributed by atoms with Gasteiger partial charge in [-0.25, -0.2) is 0 Å². The highest BCUT2D eigenvalue weighted by atomic mass is 79.9. The summed E-state index contributed by atoms with van der Waals surface area (Å²) in [6, 6.07) is 2.12. The van der Waals surface area contributed by atoms with Crippen LogP contribution in [0.5, 0.6) is 0 Å². The zero-order valence-electron chi connectivity index (χ0n) is 6.52. The molecule has 1 aliphatic heterocycles. The maximum atomic E-state index is 5.93. The van der Waals surface area contributed by atoms with Crippen LogP contribution in [0.3, 0.4) is 0 Å². The topological polar surface area (TPSA) is 3.24 Å². The molecule has 2 rings (SSSR count). The van der Waals surface area contributed by atoms with E-state index >= 15 is 0 Å². The van der Waals surface area contributed by atoms with E-state index in [1.807, 2.05) is 0 Å². The smallest absolute Gasteiger partial charge is 0.107 e. The number of nitrogens with zero attached hydrogens (tertiary/aromatic N) is 1. The first-order valence-electron chi connectivity index (χ1n) is 3.92. The van der Waals surface area contributed by atoms with Crippen molar-refractivity contribution in [2.45, 2.75) is 13.0 Å². The highest BCUT2D eigenvalue weighted by Crippen LogP contribution is 2.33. The van der Waals surface area contributed by atoms with Crippen molar-refractivity contribution >= 4 is 38.9 Å². The summed E-state index contributed by atoms with van der Waals surface area (Å²) in [5.74, 6) is 0. The molecule has 0 amide bonds. The molecule has 2 heterocycles. The van der Waals surface area contributed by atoms with Gasteiger partial charge in [0.1, 0.15) is 4.34 Å². The lowest BCUT2D eigenvalue weighted by Gasteiger charge is -2.29. The van der Waals surface area contributed by atoms with Gasteiger partial charge < -0.3 is 0 Å². The van der Waals surface area contributed by atoms with Crippen LogP contribution < -0.4 is 0 Å². The third-order valence-electron chi connectivity index (χ3n) is 2.02. The SMILES string of the molecule is Clc1sc(CN2CCC2)cc1Br. The van der Waals surface area contributed by atoms with E-state index in [9.17, 15) is 0 Å². The maximum absolute atomic E-state index is 5.93. The predicted octanol–water partition coefficient (Wildman–Crippen LogP) is 3.37. The van der Waals surface area contributed by atoms with Crippen LogP contribution in [-0.4, -0.2) is 18.0 Å². The van der Waals surface area contributed by atoms with Crippen LogP contribution in [0.2, 0.25) is 4.34 Å². The molecule has 12 heavy (non-hydrogen) atoms. The molecule has 66 valence electrons. The molecule has 0 bridgehead atoms. The van der Waals surface area contributed by atoms with E-state index in [0.29, 0.717) is 0 Å². The molecule has 1 nitrogen and oxygen atoms in total. The molecule has 0 unspecified atom stereocenters. The second-order valence-electron chi connectivity index (χ2n) is 2.96. The molecule has 0 aromatic carbocycles. The molecule has 4 heteroatoms. The number of halogens is 2. The Kier molecular flexibility index (Phi) is 2.75. The molecule has 0 spiro atoms. The summed E-state index contributed by atoms with van der Waals surface area (Å²) in [5, 5.41) is 0. The van der Waals surface area contributed by atoms with Crippen molar-refractivity contribution in [2.24, 2.45) is 0 Å². The molecular weight excluding hydrogens is 258 g/mol. The first kappa shape index (κ1) is 9.00. The van der Waals surface area contributed by atoms with Crippen molar-refractivity contribution < 1.29 is 0 Å². The van der Waals surface area contributed by atoms with Gasteiger partial charge in [-0.15, -0.1) is 11.3 Å². The standard InChI is InChI=1S/C8H9BrClNS/c9-7-4-6(12-8(7)10)5-11-2-1-3-11/h4H,1-3,5H2. The first-order valence-corrected chi connectivity index (χ1v) is 5.90. The monoisotopic (exact) mass is 265 g/mol. The van der Waals surface area contributed by atoms with Crippen LogP contribution in [0.1, 0.15) is 11.3 Å². The van der Waals surface area contributed by atoms with Crippen molar-refractivity contribution in [3.63, 3.8) is 0 Å². The second kappa shape index (κ2) is 3.66. The Morgan fingerprint density at radius 3 is 2.75 bits per heavy atom. The molecule has 0 aliphatic carbocycles. The lowest BCUT2D eigenvalue weighted by Crippen LogP contribution is -2.35. The van der Waals surface area contributed by atoms with Gasteiger partial charge in [0, 0.05) is 15.9 Å². The van der Waals surface area contributed by atoms with Crippen molar-refractivity contribution in [3.05, 3.63) is 19.8 Å². The molecule has 1 aliphatic rings. The van der Waals surface area contributed by atoms with E-state index in [1.54, 1.807) is 11.3 Å². The van der Waals surface area contributed by atoms with E-state index in [2.05, 4.69) is 26.9 Å². The second-order valence-corrected chi connectivity index (χ2v) is 5.56. The Hall–Kier alpha value is 0.430. The van der Waals surface area contributed by atoms with Crippen molar-refractivity contribution in [1.82, 2.24) is 4.90 Å². The molecule has 1 fully saturated rings. The van der Waals surface area contributed by atoms with Gasteiger partial charge in [0.25, 0.3) is 0 Å². The van der Waals surface area contributed by atoms with Gasteiger partial charge in [-0.2, -0.15) is 0 Å². The van der Waals surface area contributed by atoms with Crippen molar-refractivity contribution in [2.75, 3.05) is 13.1 Å². The Morgan fingerprint density at radius 2 is 2.33 bits per heavy atom. The molecular formula is C8H9BrClNS. The first-order chi connectivity index (χ1) is 5.75. The average molecular weight is 267 g/mol. The van der Waals surface area contributed by atoms with Gasteiger partial charge in [0.15, 0.2) is 0 Å². The Balaban J connectivity index is 2.02. The molecule has 0 N–H and O–H groups in total. The molecule has 1 aromatic rings. The van der Waals surface area contributed by atoms with Crippen LogP contribution in [0.25, 0.3) is 0 Å². The van der Waals surface area contributed by atoms with Crippen LogP contribution in [0.4, 0.5) is 0 Å². The summed E-state index contributed by atoms with van der Waals surface area (Å²) in [7, 11) is 0. The summed E-state index contributed by atoms with van der Waals surface area (Å²) in [5.41, 5.74) is 0. The summed E-state index contributed by atoms with van der Waals surface area (Å²) >= 11 is 11.0. The Morgan fingerprint density at radius 1 is 1.58 bits per heavy atom. The quantitative estimate of drug-likeness (QED) is 0.793. The minimum absolute atomic E-state index is 0.866. The number of likely N-dealkylation sites (tertiary alicyclic amines) is 1. The zero-order chi connectivity index (χ0) is 8.55. The summed E-state index contributed by atoms with van der Waals surface area (Å²) in [6.45, 7) is 3.55. The summed E-state index contributed by atoms with van der Waals surface area (Å²) < 4.78 is 1.90. The Bertz CT molecular complexity index is 263. The molecule has 0 radical (unpaired) electrons. The highest BCUT2D eigenvalue weighted by Gasteiger charge is 2.15. The maximum Gasteiger partial charge on any atom is 0.107 e. The molecule has 0 atom stereocenters.